The molecule has 0 saturated carbocycles. The number of rotatable bonds is 8. The van der Waals surface area contributed by atoms with Crippen LogP contribution >= 0.6 is 0 Å². The first-order valence-electron chi connectivity index (χ1n) is 6.44. The van der Waals surface area contributed by atoms with Gasteiger partial charge in [-0.25, -0.2) is 0 Å². The van der Waals surface area contributed by atoms with E-state index >= 15 is 0 Å². The molecule has 0 bridgehead atoms. The van der Waals surface area contributed by atoms with Gasteiger partial charge in [0.2, 0.25) is 5.91 Å². The molecule has 2 saturated heterocycles. The maximum Gasteiger partial charge on any atom is 0.246 e. The van der Waals surface area contributed by atoms with Crippen molar-refractivity contribution < 1.29 is 14.3 Å². The highest BCUT2D eigenvalue weighted by atomic mass is 16.6. The third-order valence-electron chi connectivity index (χ3n) is 3.37. The molecule has 2 unspecified atom stereocenters. The van der Waals surface area contributed by atoms with Crippen LogP contribution in [0.1, 0.15) is 26.2 Å². The lowest BCUT2D eigenvalue weighted by Gasteiger charge is -2.28. The fourth-order valence-electron chi connectivity index (χ4n) is 2.14. The average molecular weight is 254 g/mol. The van der Waals surface area contributed by atoms with Crippen LogP contribution in [0.15, 0.2) is 12.2 Å². The molecule has 5 nitrogen and oxygen atoms in total. The van der Waals surface area contributed by atoms with Crippen molar-refractivity contribution in [3.8, 4) is 0 Å². The molecule has 0 spiro atoms. The number of nitrogens with one attached hydrogen (secondary N) is 1. The molecule has 0 aliphatic carbocycles. The molecule has 2 heterocycles. The summed E-state index contributed by atoms with van der Waals surface area (Å²) in [5, 5.41) is 2.82. The van der Waals surface area contributed by atoms with Gasteiger partial charge < -0.3 is 20.5 Å². The summed E-state index contributed by atoms with van der Waals surface area (Å²) in [6.45, 7) is 7.49. The van der Waals surface area contributed by atoms with Gasteiger partial charge in [-0.1, -0.05) is 6.58 Å². The van der Waals surface area contributed by atoms with Gasteiger partial charge in [-0.2, -0.15) is 0 Å². The molecule has 18 heavy (non-hydrogen) atoms. The average Bonchev–Trinajstić information content (AvgIpc) is 3.15. The minimum absolute atomic E-state index is 0.109. The summed E-state index contributed by atoms with van der Waals surface area (Å²) in [7, 11) is 0. The minimum atomic E-state index is -0.301. The highest BCUT2D eigenvalue weighted by Crippen LogP contribution is 2.31. The van der Waals surface area contributed by atoms with Crippen LogP contribution in [0, 0.1) is 0 Å². The summed E-state index contributed by atoms with van der Waals surface area (Å²) in [6, 6.07) is 0. The summed E-state index contributed by atoms with van der Waals surface area (Å²) in [6.07, 6.45) is 3.02. The second-order valence-corrected chi connectivity index (χ2v) is 5.47. The van der Waals surface area contributed by atoms with Gasteiger partial charge in [0.25, 0.3) is 0 Å². The van der Waals surface area contributed by atoms with E-state index in [1.807, 2.05) is 0 Å². The van der Waals surface area contributed by atoms with Gasteiger partial charge in [-0.05, 0) is 26.2 Å². The number of hydrogen-bond donors (Lipinski definition) is 2. The van der Waals surface area contributed by atoms with E-state index in [1.165, 1.54) is 0 Å². The van der Waals surface area contributed by atoms with E-state index in [4.69, 9.17) is 15.2 Å². The second kappa shape index (κ2) is 5.38. The normalized spacial score (nSPS) is 28.3. The van der Waals surface area contributed by atoms with Crippen molar-refractivity contribution in [2.45, 2.75) is 43.9 Å². The fraction of sp³-hybridized carbons (Fsp3) is 0.769. The third kappa shape index (κ3) is 4.40. The highest BCUT2D eigenvalue weighted by molar-refractivity contribution is 5.92. The van der Waals surface area contributed by atoms with Crippen molar-refractivity contribution in [2.75, 3.05) is 19.8 Å². The Balaban J connectivity index is 1.76. The molecule has 2 aliphatic rings. The first-order chi connectivity index (χ1) is 8.48. The van der Waals surface area contributed by atoms with E-state index in [-0.39, 0.29) is 11.4 Å². The van der Waals surface area contributed by atoms with Gasteiger partial charge in [-0.15, -0.1) is 0 Å². The van der Waals surface area contributed by atoms with E-state index in [0.29, 0.717) is 24.3 Å². The van der Waals surface area contributed by atoms with Gasteiger partial charge in [-0.3, -0.25) is 4.79 Å². The molecule has 0 radical (unpaired) electrons. The first kappa shape index (κ1) is 13.5. The molecule has 0 aromatic heterocycles. The van der Waals surface area contributed by atoms with E-state index in [0.717, 1.165) is 32.5 Å². The fourth-order valence-corrected chi connectivity index (χ4v) is 2.14. The van der Waals surface area contributed by atoms with Crippen molar-refractivity contribution in [1.82, 2.24) is 5.32 Å². The molecule has 2 atom stereocenters. The largest absolute Gasteiger partial charge is 0.373 e. The predicted octanol–water partition coefficient (Wildman–Crippen LogP) is 0.344. The lowest BCUT2D eigenvalue weighted by Crippen LogP contribution is -2.45. The van der Waals surface area contributed by atoms with Crippen LogP contribution in [-0.4, -0.2) is 43.4 Å². The Morgan fingerprint density at radius 1 is 1.39 bits per heavy atom. The monoisotopic (exact) mass is 254 g/mol. The SMILES string of the molecule is C=C(C)C(=O)NCCC(N)(CC1CO1)CC1CO1. The molecule has 2 fully saturated rings. The van der Waals surface area contributed by atoms with Gasteiger partial charge in [0, 0.05) is 17.7 Å². The first-order valence-corrected chi connectivity index (χ1v) is 6.44. The third-order valence-corrected chi connectivity index (χ3v) is 3.37. The Hall–Kier alpha value is -0.910. The number of epoxide rings is 2. The van der Waals surface area contributed by atoms with Gasteiger partial charge in [0.1, 0.15) is 0 Å². The summed E-state index contributed by atoms with van der Waals surface area (Å²) in [5.41, 5.74) is 6.63. The predicted molar refractivity (Wildman–Crippen MR) is 68.1 cm³/mol. The molecular weight excluding hydrogens is 232 g/mol. The van der Waals surface area contributed by atoms with Crippen LogP contribution in [0.5, 0.6) is 0 Å². The molecule has 2 aliphatic heterocycles. The highest BCUT2D eigenvalue weighted by Gasteiger charge is 2.39. The summed E-state index contributed by atoms with van der Waals surface area (Å²) in [4.78, 5) is 11.4. The number of carbonyl (C=O) groups excluding carboxylic acids is 1. The Labute approximate surface area is 108 Å². The molecule has 2 rings (SSSR count). The van der Waals surface area contributed by atoms with Crippen molar-refractivity contribution >= 4 is 5.91 Å². The number of ether oxygens (including phenoxy) is 2. The van der Waals surface area contributed by atoms with Crippen LogP contribution < -0.4 is 11.1 Å². The van der Waals surface area contributed by atoms with Gasteiger partial charge in [0.05, 0.1) is 25.4 Å². The number of hydrogen-bond acceptors (Lipinski definition) is 4. The van der Waals surface area contributed by atoms with Crippen LogP contribution in [0.25, 0.3) is 0 Å². The summed E-state index contributed by atoms with van der Waals surface area (Å²) in [5.74, 6) is -0.109. The van der Waals surface area contributed by atoms with Crippen molar-refractivity contribution in [3.63, 3.8) is 0 Å². The molecule has 5 heteroatoms. The van der Waals surface area contributed by atoms with Crippen LogP contribution in [0.2, 0.25) is 0 Å². The topological polar surface area (TPSA) is 80.2 Å². The lowest BCUT2D eigenvalue weighted by molar-refractivity contribution is -0.117. The van der Waals surface area contributed by atoms with Crippen molar-refractivity contribution in [1.29, 1.82) is 0 Å². The Bertz CT molecular complexity index is 321. The van der Waals surface area contributed by atoms with E-state index < -0.39 is 0 Å². The summed E-state index contributed by atoms with van der Waals surface area (Å²) >= 11 is 0. The molecule has 0 aromatic carbocycles. The van der Waals surface area contributed by atoms with Crippen LogP contribution in [0.4, 0.5) is 0 Å². The lowest BCUT2D eigenvalue weighted by atomic mass is 9.86. The second-order valence-electron chi connectivity index (χ2n) is 5.47. The molecular formula is C13H22N2O3. The zero-order chi connectivity index (χ0) is 13.2. The van der Waals surface area contributed by atoms with E-state index in [2.05, 4.69) is 11.9 Å². The molecule has 0 aromatic rings. The maximum atomic E-state index is 11.4. The molecule has 102 valence electrons. The van der Waals surface area contributed by atoms with Gasteiger partial charge in [0.15, 0.2) is 0 Å². The van der Waals surface area contributed by atoms with Gasteiger partial charge >= 0.3 is 0 Å². The summed E-state index contributed by atoms with van der Waals surface area (Å²) < 4.78 is 10.5. The quantitative estimate of drug-likeness (QED) is 0.483. The van der Waals surface area contributed by atoms with Crippen LogP contribution in [-0.2, 0) is 14.3 Å². The molecule has 1 amide bonds. The zero-order valence-electron chi connectivity index (χ0n) is 10.9. The standard InChI is InChI=1S/C13H22N2O3/c1-9(2)12(16)15-4-3-13(14,5-10-7-17-10)6-11-8-18-11/h10-11H,1,3-8,14H2,2H3,(H,15,16). The molecule has 3 N–H and O–H groups in total. The number of nitrogens with two attached hydrogens (primary N) is 1. The van der Waals surface area contributed by atoms with Crippen molar-refractivity contribution in [3.05, 3.63) is 12.2 Å². The Morgan fingerprint density at radius 3 is 2.28 bits per heavy atom. The minimum Gasteiger partial charge on any atom is -0.373 e. The van der Waals surface area contributed by atoms with Crippen molar-refractivity contribution in [2.24, 2.45) is 5.73 Å². The number of carbonyl (C=O) groups is 1. The van der Waals surface area contributed by atoms with Crippen LogP contribution in [0.3, 0.4) is 0 Å². The van der Waals surface area contributed by atoms with E-state index in [1.54, 1.807) is 6.92 Å². The van der Waals surface area contributed by atoms with E-state index in [9.17, 15) is 4.79 Å². The maximum absolute atomic E-state index is 11.4. The zero-order valence-corrected chi connectivity index (χ0v) is 10.9. The smallest absolute Gasteiger partial charge is 0.246 e. The Kier molecular flexibility index (Phi) is 4.04. The Morgan fingerprint density at radius 2 is 1.89 bits per heavy atom. The number of amides is 1.